The second kappa shape index (κ2) is 6.47. The average molecular weight is 285 g/mol. The number of hydrogen-bond donors (Lipinski definition) is 1. The van der Waals surface area contributed by atoms with Crippen molar-refractivity contribution in [1.29, 1.82) is 0 Å². The van der Waals surface area contributed by atoms with Gasteiger partial charge >= 0.3 is 0 Å². The Morgan fingerprint density at radius 3 is 2.50 bits per heavy atom. The molecule has 0 aliphatic heterocycles. The van der Waals surface area contributed by atoms with E-state index in [1.807, 2.05) is 11.8 Å². The smallest absolute Gasteiger partial charge is 0.0200 e. The summed E-state index contributed by atoms with van der Waals surface area (Å²) in [4.78, 5) is 1.31. The fourth-order valence-corrected chi connectivity index (χ4v) is 2.73. The lowest BCUT2D eigenvalue weighted by atomic mass is 10.1. The van der Waals surface area contributed by atoms with Crippen molar-refractivity contribution >= 4 is 22.5 Å². The van der Waals surface area contributed by atoms with Gasteiger partial charge in [-0.3, -0.25) is 0 Å². The van der Waals surface area contributed by atoms with Crippen molar-refractivity contribution in [2.45, 2.75) is 31.2 Å². The van der Waals surface area contributed by atoms with Crippen LogP contribution in [0.4, 0.5) is 0 Å². The Labute approximate surface area is 126 Å². The largest absolute Gasteiger partial charge is 0.308 e. The van der Waals surface area contributed by atoms with E-state index in [-0.39, 0.29) is 5.54 Å². The maximum atomic E-state index is 4.15. The first kappa shape index (κ1) is 15.1. The Morgan fingerprint density at radius 1 is 1.10 bits per heavy atom. The lowest BCUT2D eigenvalue weighted by molar-refractivity contribution is 0.445. The maximum Gasteiger partial charge on any atom is 0.0200 e. The van der Waals surface area contributed by atoms with E-state index in [0.717, 1.165) is 12.3 Å². The third kappa shape index (κ3) is 4.69. The van der Waals surface area contributed by atoms with Crippen molar-refractivity contribution in [3.63, 3.8) is 0 Å². The first-order chi connectivity index (χ1) is 9.44. The molecule has 0 radical (unpaired) electrons. The van der Waals surface area contributed by atoms with Crippen molar-refractivity contribution < 1.29 is 0 Å². The van der Waals surface area contributed by atoms with Crippen molar-refractivity contribution in [2.75, 3.05) is 12.3 Å². The number of rotatable bonds is 5. The van der Waals surface area contributed by atoms with Gasteiger partial charge < -0.3 is 5.32 Å². The number of fused-ring (bicyclic) bond motifs is 1. The Kier molecular flexibility index (Phi) is 4.90. The molecule has 0 saturated carbocycles. The standard InChI is InChI=1S/C18H23NS/c1-14(12-19-18(2,3)4)13-20-17-10-9-15-7-5-6-8-16(15)11-17/h5-11,19H,1,12-13H2,2-4H3. The van der Waals surface area contributed by atoms with E-state index >= 15 is 0 Å². The molecular weight excluding hydrogens is 262 g/mol. The summed E-state index contributed by atoms with van der Waals surface area (Å²) in [6, 6.07) is 15.1. The lowest BCUT2D eigenvalue weighted by Crippen LogP contribution is -2.37. The molecule has 20 heavy (non-hydrogen) atoms. The number of benzene rings is 2. The summed E-state index contributed by atoms with van der Waals surface area (Å²) < 4.78 is 0. The molecule has 1 N–H and O–H groups in total. The van der Waals surface area contributed by atoms with Gasteiger partial charge in [-0.2, -0.15) is 0 Å². The van der Waals surface area contributed by atoms with Crippen LogP contribution in [-0.4, -0.2) is 17.8 Å². The fraction of sp³-hybridized carbons (Fsp3) is 0.333. The molecule has 2 aromatic rings. The molecule has 0 spiro atoms. The zero-order chi connectivity index (χ0) is 14.6. The van der Waals surface area contributed by atoms with Crippen LogP contribution in [0, 0.1) is 0 Å². The summed E-state index contributed by atoms with van der Waals surface area (Å²) in [5.74, 6) is 0.960. The minimum Gasteiger partial charge on any atom is -0.308 e. The molecule has 2 rings (SSSR count). The summed E-state index contributed by atoms with van der Waals surface area (Å²) in [6.07, 6.45) is 0. The summed E-state index contributed by atoms with van der Waals surface area (Å²) >= 11 is 1.85. The van der Waals surface area contributed by atoms with Crippen LogP contribution < -0.4 is 5.32 Å². The molecular formula is C18H23NS. The summed E-state index contributed by atoms with van der Waals surface area (Å²) in [7, 11) is 0. The van der Waals surface area contributed by atoms with Crippen LogP contribution in [0.1, 0.15) is 20.8 Å². The average Bonchev–Trinajstić information content (AvgIpc) is 2.42. The first-order valence-corrected chi connectivity index (χ1v) is 7.96. The molecule has 2 heteroatoms. The molecule has 0 atom stereocenters. The zero-order valence-electron chi connectivity index (χ0n) is 12.6. The highest BCUT2D eigenvalue weighted by Gasteiger charge is 2.08. The van der Waals surface area contributed by atoms with E-state index in [4.69, 9.17) is 0 Å². The fourth-order valence-electron chi connectivity index (χ4n) is 1.88. The Morgan fingerprint density at radius 2 is 1.80 bits per heavy atom. The molecule has 0 fully saturated rings. The van der Waals surface area contributed by atoms with Crippen molar-refractivity contribution in [3.05, 3.63) is 54.6 Å². The lowest BCUT2D eigenvalue weighted by Gasteiger charge is -2.21. The van der Waals surface area contributed by atoms with E-state index in [9.17, 15) is 0 Å². The maximum absolute atomic E-state index is 4.15. The third-order valence-electron chi connectivity index (χ3n) is 3.03. The molecule has 106 valence electrons. The summed E-state index contributed by atoms with van der Waals surface area (Å²) in [5.41, 5.74) is 1.38. The van der Waals surface area contributed by atoms with Crippen molar-refractivity contribution in [2.24, 2.45) is 0 Å². The van der Waals surface area contributed by atoms with Crippen molar-refractivity contribution in [3.8, 4) is 0 Å². The number of thioether (sulfide) groups is 1. The van der Waals surface area contributed by atoms with Crippen molar-refractivity contribution in [1.82, 2.24) is 5.32 Å². The van der Waals surface area contributed by atoms with Gasteiger partial charge in [-0.05, 0) is 43.7 Å². The monoisotopic (exact) mass is 285 g/mol. The van der Waals surface area contributed by atoms with Gasteiger partial charge in [0.2, 0.25) is 0 Å². The molecule has 0 aromatic heterocycles. The van der Waals surface area contributed by atoms with E-state index in [2.05, 4.69) is 75.1 Å². The highest BCUT2D eigenvalue weighted by molar-refractivity contribution is 7.99. The van der Waals surface area contributed by atoms with Crippen LogP contribution in [0.25, 0.3) is 10.8 Å². The minimum absolute atomic E-state index is 0.149. The van der Waals surface area contributed by atoms with E-state index in [0.29, 0.717) is 0 Å². The predicted molar refractivity (Wildman–Crippen MR) is 91.6 cm³/mol. The Hall–Kier alpha value is -1.25. The molecule has 0 saturated heterocycles. The van der Waals surface area contributed by atoms with Gasteiger partial charge in [-0.1, -0.05) is 42.5 Å². The molecule has 0 aliphatic rings. The highest BCUT2D eigenvalue weighted by atomic mass is 32.2. The summed E-state index contributed by atoms with van der Waals surface area (Å²) in [6.45, 7) is 11.6. The van der Waals surface area contributed by atoms with Gasteiger partial charge in [0, 0.05) is 22.7 Å². The first-order valence-electron chi connectivity index (χ1n) is 6.97. The van der Waals surface area contributed by atoms with Crippen LogP contribution in [0.5, 0.6) is 0 Å². The van der Waals surface area contributed by atoms with Gasteiger partial charge in [-0.15, -0.1) is 11.8 Å². The van der Waals surface area contributed by atoms with Gasteiger partial charge in [0.25, 0.3) is 0 Å². The topological polar surface area (TPSA) is 12.0 Å². The van der Waals surface area contributed by atoms with E-state index in [1.54, 1.807) is 0 Å². The molecule has 0 heterocycles. The molecule has 2 aromatic carbocycles. The van der Waals surface area contributed by atoms with Gasteiger partial charge in [0.1, 0.15) is 0 Å². The summed E-state index contributed by atoms with van der Waals surface area (Å²) in [5, 5.41) is 6.07. The van der Waals surface area contributed by atoms with Gasteiger partial charge in [-0.25, -0.2) is 0 Å². The SMILES string of the molecule is C=C(CNC(C)(C)C)CSc1ccc2ccccc2c1. The van der Waals surface area contributed by atoms with Crippen LogP contribution in [0.15, 0.2) is 59.5 Å². The normalized spacial score (nSPS) is 11.8. The molecule has 0 unspecified atom stereocenters. The van der Waals surface area contributed by atoms with Crippen LogP contribution in [0.3, 0.4) is 0 Å². The zero-order valence-corrected chi connectivity index (χ0v) is 13.4. The molecule has 0 bridgehead atoms. The second-order valence-corrected chi connectivity index (χ2v) is 7.20. The van der Waals surface area contributed by atoms with Gasteiger partial charge in [0.15, 0.2) is 0 Å². The second-order valence-electron chi connectivity index (χ2n) is 6.15. The third-order valence-corrected chi connectivity index (χ3v) is 4.17. The van der Waals surface area contributed by atoms with Gasteiger partial charge in [0.05, 0.1) is 0 Å². The Balaban J connectivity index is 1.90. The predicted octanol–water partition coefficient (Wildman–Crippen LogP) is 4.88. The molecule has 1 nitrogen and oxygen atoms in total. The van der Waals surface area contributed by atoms with E-state index in [1.165, 1.54) is 21.2 Å². The molecule has 0 aliphatic carbocycles. The number of nitrogens with one attached hydrogen (secondary N) is 1. The quantitative estimate of drug-likeness (QED) is 0.621. The van der Waals surface area contributed by atoms with Crippen LogP contribution in [0.2, 0.25) is 0 Å². The Bertz CT molecular complexity index is 596. The highest BCUT2D eigenvalue weighted by Crippen LogP contribution is 2.24. The molecule has 0 amide bonds. The minimum atomic E-state index is 0.149. The number of hydrogen-bond acceptors (Lipinski definition) is 2. The van der Waals surface area contributed by atoms with E-state index < -0.39 is 0 Å². The van der Waals surface area contributed by atoms with Crippen LogP contribution >= 0.6 is 11.8 Å². The van der Waals surface area contributed by atoms with Crippen LogP contribution in [-0.2, 0) is 0 Å².